The van der Waals surface area contributed by atoms with Gasteiger partial charge in [-0.1, -0.05) is 48.8 Å². The predicted octanol–water partition coefficient (Wildman–Crippen LogP) is 4.37. The number of allylic oxidation sites excluding steroid dienone is 2. The molecule has 2 amide bonds. The van der Waals surface area contributed by atoms with Gasteiger partial charge in [0, 0.05) is 61.0 Å². The average molecular weight is 1070 g/mol. The number of rotatable bonds is 23. The monoisotopic (exact) mass is 1070 g/mol. The molecule has 0 saturated heterocycles. The van der Waals surface area contributed by atoms with Gasteiger partial charge in [-0.3, -0.25) is 14.4 Å². The van der Waals surface area contributed by atoms with Gasteiger partial charge in [0.15, 0.2) is 18.9 Å². The molecule has 76 heavy (non-hydrogen) atoms. The van der Waals surface area contributed by atoms with Crippen molar-refractivity contribution in [2.24, 2.45) is 33.7 Å². The summed E-state index contributed by atoms with van der Waals surface area (Å²) >= 11 is 0. The topological polar surface area (TPSA) is 273 Å². The number of aryl methyl sites for hydroxylation is 2. The number of benzene rings is 3. The number of carbonyl (C=O) groups is 4. The average Bonchev–Trinajstić information content (AvgIpc) is 3.67. The van der Waals surface area contributed by atoms with E-state index in [0.717, 1.165) is 25.0 Å². The van der Waals surface area contributed by atoms with Gasteiger partial charge >= 0.3 is 5.97 Å². The van der Waals surface area contributed by atoms with E-state index in [-0.39, 0.29) is 99.5 Å². The van der Waals surface area contributed by atoms with Crippen LogP contribution in [-0.4, -0.2) is 135 Å². The maximum absolute atomic E-state index is 14.4. The van der Waals surface area contributed by atoms with Crippen LogP contribution in [0.2, 0.25) is 0 Å². The van der Waals surface area contributed by atoms with Crippen molar-refractivity contribution in [2.45, 2.75) is 97.0 Å². The van der Waals surface area contributed by atoms with Crippen molar-refractivity contribution in [3.63, 3.8) is 0 Å². The number of nitrogens with zero attached hydrogens (tertiary/aromatic N) is 2. The third kappa shape index (κ3) is 11.7. The Labute approximate surface area is 442 Å². The number of para-hydroxylation sites is 2. The Hall–Kier alpha value is -5.71. The number of ketones is 1. The van der Waals surface area contributed by atoms with Gasteiger partial charge in [-0.05, 0) is 111 Å². The van der Waals surface area contributed by atoms with Gasteiger partial charge in [0.05, 0.1) is 71.3 Å². The molecule has 4 aliphatic carbocycles. The molecule has 3 fully saturated rings. The minimum atomic E-state index is -4.43. The van der Waals surface area contributed by atoms with Gasteiger partial charge < -0.3 is 54.3 Å². The fraction of sp³-hybridized carbons (Fsp3) is 0.536. The second-order valence-corrected chi connectivity index (χ2v) is 22.6. The number of Topliss-reactive ketones (excluding diaryl/α,β-unsaturated/α-hetero) is 1. The van der Waals surface area contributed by atoms with Crippen LogP contribution in [-0.2, 0) is 51.9 Å². The van der Waals surface area contributed by atoms with Crippen molar-refractivity contribution < 1.29 is 75.8 Å². The number of aromatic nitrogens is 1. The molecule has 3 saturated carbocycles. The summed E-state index contributed by atoms with van der Waals surface area (Å²) in [7, 11) is -2.88. The van der Waals surface area contributed by atoms with Gasteiger partial charge in [-0.25, -0.2) is 13.2 Å². The Balaban J connectivity index is 0.814. The third-order valence-electron chi connectivity index (χ3n) is 16.6. The van der Waals surface area contributed by atoms with E-state index in [1.165, 1.54) is 5.57 Å². The van der Waals surface area contributed by atoms with Gasteiger partial charge in [-0.15, -0.1) is 0 Å². The van der Waals surface area contributed by atoms with Crippen molar-refractivity contribution in [1.29, 1.82) is 0 Å². The van der Waals surface area contributed by atoms with Gasteiger partial charge in [0.2, 0.25) is 11.0 Å². The molecule has 0 aliphatic heterocycles. The Morgan fingerprint density at radius 3 is 2.29 bits per heavy atom. The first kappa shape index (κ1) is 56.5. The zero-order valence-electron chi connectivity index (χ0n) is 43.6. The molecule has 4 aromatic rings. The van der Waals surface area contributed by atoms with Crippen molar-refractivity contribution in [3.8, 4) is 5.75 Å². The highest BCUT2D eigenvalue weighted by molar-refractivity contribution is 7.85. The number of amides is 2. The SMILES string of the molecule is COCCOCc1cc(C(=O)NCCOCCNC(=O)CO/N=C2\C=C3CCC4C(C(O)CC5(C)C4CCC5(O)C(=O)CO)C3(C)CC2)cc(C)c1OC(=O)c1c2ccccc2[n+](CCCS(=O)(=O)[O-])c2ccccc12. The maximum atomic E-state index is 14.4. The van der Waals surface area contributed by atoms with Crippen LogP contribution < -0.4 is 19.9 Å². The Bertz CT molecular complexity index is 2960. The first-order chi connectivity index (χ1) is 36.3. The van der Waals surface area contributed by atoms with Crippen LogP contribution in [0.5, 0.6) is 5.75 Å². The van der Waals surface area contributed by atoms with E-state index in [4.69, 9.17) is 23.8 Å². The molecule has 8 rings (SSSR count). The van der Waals surface area contributed by atoms with E-state index in [9.17, 15) is 47.5 Å². The van der Waals surface area contributed by atoms with Crippen molar-refractivity contribution in [2.75, 3.05) is 65.6 Å². The maximum Gasteiger partial charge on any atom is 0.345 e. The Kier molecular flexibility index (Phi) is 17.8. The molecule has 19 nitrogen and oxygen atoms in total. The van der Waals surface area contributed by atoms with Crippen LogP contribution >= 0.6 is 0 Å². The second-order valence-electron chi connectivity index (χ2n) is 21.1. The summed E-state index contributed by atoms with van der Waals surface area (Å²) in [6.45, 7) is 6.27. The van der Waals surface area contributed by atoms with E-state index in [2.05, 4.69) is 22.7 Å². The highest BCUT2D eigenvalue weighted by atomic mass is 32.2. The molecule has 1 heterocycles. The number of hydrogen-bond acceptors (Lipinski definition) is 16. The number of fused-ring (bicyclic) bond motifs is 7. The molecule has 0 radical (unpaired) electrons. The molecule has 20 heteroatoms. The highest BCUT2D eigenvalue weighted by Crippen LogP contribution is 2.67. The van der Waals surface area contributed by atoms with Crippen LogP contribution in [0.15, 0.2) is 77.5 Å². The lowest BCUT2D eigenvalue weighted by atomic mass is 9.45. The quantitative estimate of drug-likeness (QED) is 0.0131. The van der Waals surface area contributed by atoms with Crippen LogP contribution in [0.1, 0.15) is 97.1 Å². The lowest BCUT2D eigenvalue weighted by molar-refractivity contribution is -0.645. The fourth-order valence-electron chi connectivity index (χ4n) is 13.0. The van der Waals surface area contributed by atoms with E-state index < -0.39 is 57.3 Å². The fourth-order valence-corrected chi connectivity index (χ4v) is 13.5. The summed E-state index contributed by atoms with van der Waals surface area (Å²) in [6, 6.07) is 17.6. The summed E-state index contributed by atoms with van der Waals surface area (Å²) in [6.07, 6.45) is 5.59. The first-order valence-corrected chi connectivity index (χ1v) is 27.7. The summed E-state index contributed by atoms with van der Waals surface area (Å²) in [5, 5.41) is 43.9. The number of methoxy groups -OCH3 is 1. The van der Waals surface area contributed by atoms with Crippen molar-refractivity contribution in [1.82, 2.24) is 10.6 Å². The standard InChI is InChI=1S/C56H70N4O15S/c1-35-28-36(29-37(33-73-26-25-71-4)51(35)75-53(66)49-41-10-5-7-12-44(41)60(22-9-27-76(68,69)70)45-13-8-6-11-42(45)49)52(65)58-21-24-72-23-20-57-48(64)34-74-59-39-16-18-54(2)38(30-39)14-15-40-43-17-19-56(67,47(63)32-61)55(43,3)31-46(62)50(40)54/h5-8,10-13,28-30,40,43,46,50,61-62,67H,9,14-27,31-34H2,1-4H3,(H2-,57,58,64,65,68,69,70)/b59-39-. The van der Waals surface area contributed by atoms with Crippen LogP contribution in [0.25, 0.3) is 21.8 Å². The molecule has 5 N–H and O–H groups in total. The zero-order valence-corrected chi connectivity index (χ0v) is 44.5. The lowest BCUT2D eigenvalue weighted by Crippen LogP contribution is -2.62. The third-order valence-corrected chi connectivity index (χ3v) is 17.3. The highest BCUT2D eigenvalue weighted by Gasteiger charge is 2.68. The number of aliphatic hydroxyl groups excluding tert-OH is 2. The number of oxime groups is 1. The van der Waals surface area contributed by atoms with Crippen LogP contribution in [0.3, 0.4) is 0 Å². The molecule has 1 aromatic heterocycles. The minimum Gasteiger partial charge on any atom is -0.748 e. The molecule has 4 aliphatic rings. The molecule has 3 aromatic carbocycles. The van der Waals surface area contributed by atoms with E-state index >= 15 is 0 Å². The lowest BCUT2D eigenvalue weighted by Gasteiger charge is -2.60. The van der Waals surface area contributed by atoms with Gasteiger partial charge in [0.25, 0.3) is 11.8 Å². The Morgan fingerprint density at radius 1 is 0.908 bits per heavy atom. The molecule has 7 unspecified atom stereocenters. The van der Waals surface area contributed by atoms with E-state index in [0.29, 0.717) is 70.8 Å². The number of pyridine rings is 1. The minimum absolute atomic E-state index is 0.00179. The summed E-state index contributed by atoms with van der Waals surface area (Å²) in [4.78, 5) is 58.7. The van der Waals surface area contributed by atoms with Gasteiger partial charge in [0.1, 0.15) is 18.0 Å². The molecule has 0 bridgehead atoms. The summed E-state index contributed by atoms with van der Waals surface area (Å²) in [5.74, 6) is -2.16. The smallest absolute Gasteiger partial charge is 0.345 e. The number of ether oxygens (including phenoxy) is 4. The molecular weight excluding hydrogens is 1000 g/mol. The number of hydrogen-bond donors (Lipinski definition) is 5. The molecule has 0 spiro atoms. The largest absolute Gasteiger partial charge is 0.748 e. The van der Waals surface area contributed by atoms with Crippen LogP contribution in [0.4, 0.5) is 0 Å². The van der Waals surface area contributed by atoms with Crippen LogP contribution in [0, 0.1) is 35.5 Å². The van der Waals surface area contributed by atoms with E-state index in [1.807, 2.05) is 29.7 Å². The van der Waals surface area contributed by atoms with E-state index in [1.54, 1.807) is 62.6 Å². The molecule has 7 atom stereocenters. The number of carbonyl (C=O) groups excluding carboxylic acids is 4. The normalized spacial score (nSPS) is 25.6. The zero-order chi connectivity index (χ0) is 54.4. The van der Waals surface area contributed by atoms with Gasteiger partial charge in [-0.2, -0.15) is 4.57 Å². The summed E-state index contributed by atoms with van der Waals surface area (Å²) < 4.78 is 59.0. The van der Waals surface area contributed by atoms with Crippen molar-refractivity contribution in [3.05, 3.63) is 94.6 Å². The number of aliphatic hydroxyl groups is 3. The Morgan fingerprint density at radius 2 is 1.61 bits per heavy atom. The first-order valence-electron chi connectivity index (χ1n) is 26.1. The van der Waals surface area contributed by atoms with Crippen molar-refractivity contribution >= 4 is 61.2 Å². The predicted molar refractivity (Wildman–Crippen MR) is 278 cm³/mol. The number of esters is 1. The number of nitrogens with one attached hydrogen (secondary N) is 2. The molecular formula is C56H70N4O15S. The second kappa shape index (κ2) is 23.9. The molecule has 410 valence electrons. The summed E-state index contributed by atoms with van der Waals surface area (Å²) in [5.41, 5.74) is 2.01.